The smallest absolute Gasteiger partial charge is 0.255 e. The molecule has 0 radical (unpaired) electrons. The summed E-state index contributed by atoms with van der Waals surface area (Å²) < 4.78 is 10.9. The summed E-state index contributed by atoms with van der Waals surface area (Å²) in [5, 5.41) is 3.19. The molecule has 2 aromatic carbocycles. The van der Waals surface area contributed by atoms with Crippen molar-refractivity contribution in [1.29, 1.82) is 0 Å². The second-order valence-corrected chi connectivity index (χ2v) is 5.41. The Morgan fingerprint density at radius 2 is 1.90 bits per heavy atom. The number of rotatable bonds is 4. The first-order valence-electron chi connectivity index (χ1n) is 6.03. The number of halogens is 2. The molecule has 0 atom stereocenters. The third-order valence-electron chi connectivity index (χ3n) is 2.84. The predicted octanol–water partition coefficient (Wildman–Crippen LogP) is 4.37. The number of carbonyl (C=O) groups excluding carboxylic acids is 1. The van der Waals surface area contributed by atoms with E-state index in [2.05, 4.69) is 21.2 Å². The van der Waals surface area contributed by atoms with Gasteiger partial charge in [0.2, 0.25) is 0 Å². The summed E-state index contributed by atoms with van der Waals surface area (Å²) in [4.78, 5) is 12.2. The van der Waals surface area contributed by atoms with E-state index in [1.807, 2.05) is 0 Å². The number of hydrogen-bond acceptors (Lipinski definition) is 3. The predicted molar refractivity (Wildman–Crippen MR) is 86.7 cm³/mol. The third-order valence-corrected chi connectivity index (χ3v) is 3.79. The summed E-state index contributed by atoms with van der Waals surface area (Å²) in [6.45, 7) is 0. The number of amides is 1. The van der Waals surface area contributed by atoms with Crippen LogP contribution in [0, 0.1) is 0 Å². The van der Waals surface area contributed by atoms with Gasteiger partial charge in [0.25, 0.3) is 5.91 Å². The maximum absolute atomic E-state index is 12.2. The van der Waals surface area contributed by atoms with Gasteiger partial charge in [0.05, 0.1) is 29.4 Å². The molecule has 0 saturated heterocycles. The lowest BCUT2D eigenvalue weighted by Crippen LogP contribution is -2.12. The zero-order valence-corrected chi connectivity index (χ0v) is 13.8. The van der Waals surface area contributed by atoms with Gasteiger partial charge in [0, 0.05) is 11.6 Å². The fourth-order valence-corrected chi connectivity index (χ4v) is 2.43. The van der Waals surface area contributed by atoms with E-state index in [4.69, 9.17) is 21.1 Å². The topological polar surface area (TPSA) is 47.6 Å². The number of hydrogen-bond donors (Lipinski definition) is 1. The molecule has 0 aromatic heterocycles. The van der Waals surface area contributed by atoms with E-state index >= 15 is 0 Å². The monoisotopic (exact) mass is 369 g/mol. The van der Waals surface area contributed by atoms with Gasteiger partial charge in [-0.25, -0.2) is 0 Å². The van der Waals surface area contributed by atoms with E-state index in [0.29, 0.717) is 32.2 Å². The van der Waals surface area contributed by atoms with Crippen molar-refractivity contribution in [1.82, 2.24) is 0 Å². The van der Waals surface area contributed by atoms with Gasteiger partial charge in [0.1, 0.15) is 11.5 Å². The van der Waals surface area contributed by atoms with Crippen molar-refractivity contribution >= 4 is 39.1 Å². The minimum Gasteiger partial charge on any atom is -0.497 e. The summed E-state index contributed by atoms with van der Waals surface area (Å²) >= 11 is 9.41. The van der Waals surface area contributed by atoms with Crippen molar-refractivity contribution in [2.24, 2.45) is 0 Å². The van der Waals surface area contributed by atoms with E-state index in [-0.39, 0.29) is 5.91 Å². The number of benzene rings is 2. The Kier molecular flexibility index (Phi) is 5.09. The Balaban J connectivity index is 2.23. The molecule has 6 heteroatoms. The zero-order valence-electron chi connectivity index (χ0n) is 11.4. The van der Waals surface area contributed by atoms with Gasteiger partial charge in [-0.1, -0.05) is 11.6 Å². The van der Waals surface area contributed by atoms with Crippen molar-refractivity contribution in [3.63, 3.8) is 0 Å². The summed E-state index contributed by atoms with van der Waals surface area (Å²) in [6, 6.07) is 10.1. The molecule has 0 bridgehead atoms. The van der Waals surface area contributed by atoms with Crippen molar-refractivity contribution < 1.29 is 14.3 Å². The van der Waals surface area contributed by atoms with Gasteiger partial charge in [0.15, 0.2) is 0 Å². The summed E-state index contributed by atoms with van der Waals surface area (Å²) in [5.41, 5.74) is 0.981. The molecule has 0 aliphatic carbocycles. The minimum atomic E-state index is -0.270. The molecule has 1 N–H and O–H groups in total. The van der Waals surface area contributed by atoms with Crippen molar-refractivity contribution in [3.8, 4) is 11.5 Å². The Labute approximate surface area is 136 Å². The number of anilines is 1. The minimum absolute atomic E-state index is 0.270. The first-order valence-corrected chi connectivity index (χ1v) is 7.20. The van der Waals surface area contributed by atoms with Crippen LogP contribution in [0.2, 0.25) is 5.02 Å². The normalized spacial score (nSPS) is 10.1. The Bertz CT molecular complexity index is 676. The zero-order chi connectivity index (χ0) is 15.4. The second kappa shape index (κ2) is 6.83. The highest BCUT2D eigenvalue weighted by Gasteiger charge is 2.11. The molecule has 0 unspecified atom stereocenters. The molecule has 0 heterocycles. The van der Waals surface area contributed by atoms with E-state index in [0.717, 1.165) is 0 Å². The number of carbonyl (C=O) groups is 1. The van der Waals surface area contributed by atoms with E-state index in [1.54, 1.807) is 50.6 Å². The quantitative estimate of drug-likeness (QED) is 0.869. The highest BCUT2D eigenvalue weighted by molar-refractivity contribution is 9.10. The number of ether oxygens (including phenoxy) is 2. The SMILES string of the molecule is COc1ccc(Cl)c(NC(=O)c2ccc(OC)c(Br)c2)c1. The van der Waals surface area contributed by atoms with Crippen LogP contribution in [0.1, 0.15) is 10.4 Å². The van der Waals surface area contributed by atoms with Crippen LogP contribution in [0.5, 0.6) is 11.5 Å². The highest BCUT2D eigenvalue weighted by Crippen LogP contribution is 2.29. The Hall–Kier alpha value is -1.72. The lowest BCUT2D eigenvalue weighted by Gasteiger charge is -2.10. The highest BCUT2D eigenvalue weighted by atomic mass is 79.9. The fourth-order valence-electron chi connectivity index (χ4n) is 1.73. The summed E-state index contributed by atoms with van der Waals surface area (Å²) in [7, 11) is 3.12. The molecular weight excluding hydrogens is 358 g/mol. The van der Waals surface area contributed by atoms with E-state index in [1.165, 1.54) is 0 Å². The molecule has 0 saturated carbocycles. The lowest BCUT2D eigenvalue weighted by atomic mass is 10.2. The van der Waals surface area contributed by atoms with Gasteiger partial charge in [-0.15, -0.1) is 0 Å². The molecular formula is C15H13BrClNO3. The van der Waals surface area contributed by atoms with Crippen LogP contribution in [0.4, 0.5) is 5.69 Å². The molecule has 1 amide bonds. The molecule has 0 spiro atoms. The van der Waals surface area contributed by atoms with Crippen molar-refractivity contribution in [2.75, 3.05) is 19.5 Å². The lowest BCUT2D eigenvalue weighted by molar-refractivity contribution is 0.102. The average molecular weight is 371 g/mol. The summed E-state index contributed by atoms with van der Waals surface area (Å²) in [6.07, 6.45) is 0. The molecule has 2 rings (SSSR count). The first-order chi connectivity index (χ1) is 10.0. The van der Waals surface area contributed by atoms with Crippen LogP contribution in [-0.4, -0.2) is 20.1 Å². The molecule has 21 heavy (non-hydrogen) atoms. The maximum Gasteiger partial charge on any atom is 0.255 e. The second-order valence-electron chi connectivity index (χ2n) is 4.15. The number of nitrogens with one attached hydrogen (secondary N) is 1. The van der Waals surface area contributed by atoms with Crippen molar-refractivity contribution in [2.45, 2.75) is 0 Å². The standard InChI is InChI=1S/C15H13BrClNO3/c1-20-10-4-5-12(17)13(8-10)18-15(19)9-3-6-14(21-2)11(16)7-9/h3-8H,1-2H3,(H,18,19). The van der Waals surface area contributed by atoms with Crippen molar-refractivity contribution in [3.05, 3.63) is 51.5 Å². The third kappa shape index (κ3) is 3.68. The van der Waals surface area contributed by atoms with E-state index in [9.17, 15) is 4.79 Å². The average Bonchev–Trinajstić information content (AvgIpc) is 2.49. The van der Waals surface area contributed by atoms with Crippen LogP contribution < -0.4 is 14.8 Å². The van der Waals surface area contributed by atoms with Gasteiger partial charge < -0.3 is 14.8 Å². The van der Waals surface area contributed by atoms with Gasteiger partial charge >= 0.3 is 0 Å². The van der Waals surface area contributed by atoms with Crippen LogP contribution in [0.15, 0.2) is 40.9 Å². The van der Waals surface area contributed by atoms with E-state index < -0.39 is 0 Å². The first kappa shape index (κ1) is 15.7. The molecule has 0 aliphatic rings. The molecule has 2 aromatic rings. The fraction of sp³-hybridized carbons (Fsp3) is 0.133. The molecule has 110 valence electrons. The van der Waals surface area contributed by atoms with Gasteiger partial charge in [-0.05, 0) is 46.3 Å². The largest absolute Gasteiger partial charge is 0.497 e. The van der Waals surface area contributed by atoms with Gasteiger partial charge in [-0.3, -0.25) is 4.79 Å². The Morgan fingerprint density at radius 1 is 1.14 bits per heavy atom. The summed E-state index contributed by atoms with van der Waals surface area (Å²) in [5.74, 6) is 1.00. The van der Waals surface area contributed by atoms with Gasteiger partial charge in [-0.2, -0.15) is 0 Å². The maximum atomic E-state index is 12.2. The molecule has 4 nitrogen and oxygen atoms in total. The van der Waals surface area contributed by atoms with Crippen LogP contribution >= 0.6 is 27.5 Å². The number of methoxy groups -OCH3 is 2. The van der Waals surface area contributed by atoms with Crippen LogP contribution in [0.25, 0.3) is 0 Å². The van der Waals surface area contributed by atoms with Crippen LogP contribution in [-0.2, 0) is 0 Å². The molecule has 0 aliphatic heterocycles. The Morgan fingerprint density at radius 3 is 2.52 bits per heavy atom. The van der Waals surface area contributed by atoms with Crippen LogP contribution in [0.3, 0.4) is 0 Å². The molecule has 0 fully saturated rings.